The van der Waals surface area contributed by atoms with Gasteiger partial charge in [0.05, 0.1) is 0 Å². The van der Waals surface area contributed by atoms with Crippen LogP contribution in [0.5, 0.6) is 0 Å². The lowest BCUT2D eigenvalue weighted by Crippen LogP contribution is -2.19. The number of hydrogen-bond acceptors (Lipinski definition) is 1. The van der Waals surface area contributed by atoms with Gasteiger partial charge in [0, 0.05) is 24.4 Å². The van der Waals surface area contributed by atoms with Gasteiger partial charge >= 0.3 is 0 Å². The molecular formula is C13H13N. The Morgan fingerprint density at radius 1 is 1.07 bits per heavy atom. The zero-order valence-corrected chi connectivity index (χ0v) is 8.33. The van der Waals surface area contributed by atoms with E-state index in [1.54, 1.807) is 0 Å². The Morgan fingerprint density at radius 2 is 1.93 bits per heavy atom. The average molecular weight is 183 g/mol. The fourth-order valence-electron chi connectivity index (χ4n) is 2.28. The van der Waals surface area contributed by atoms with E-state index in [0.29, 0.717) is 0 Å². The molecule has 0 atom stereocenters. The third kappa shape index (κ3) is 1.02. The van der Waals surface area contributed by atoms with Gasteiger partial charge in [0.1, 0.15) is 0 Å². The van der Waals surface area contributed by atoms with E-state index in [1.165, 1.54) is 22.4 Å². The molecule has 0 radical (unpaired) electrons. The van der Waals surface area contributed by atoms with E-state index in [0.717, 1.165) is 13.1 Å². The molecule has 2 aliphatic heterocycles. The smallest absolute Gasteiger partial charge is 0.0449 e. The Bertz CT molecular complexity index is 440. The molecule has 1 aromatic carbocycles. The number of hydrogen-bond donors (Lipinski definition) is 0. The number of fused-ring (bicyclic) bond motifs is 3. The zero-order valence-electron chi connectivity index (χ0n) is 8.33. The van der Waals surface area contributed by atoms with Gasteiger partial charge < -0.3 is 4.90 Å². The number of rotatable bonds is 0. The van der Waals surface area contributed by atoms with E-state index < -0.39 is 0 Å². The van der Waals surface area contributed by atoms with Crippen LogP contribution in [0.3, 0.4) is 0 Å². The second-order valence-electron chi connectivity index (χ2n) is 4.08. The van der Waals surface area contributed by atoms with E-state index in [4.69, 9.17) is 0 Å². The molecule has 70 valence electrons. The molecule has 0 aromatic heterocycles. The minimum Gasteiger partial charge on any atom is -0.363 e. The van der Waals surface area contributed by atoms with Crippen LogP contribution in [0.4, 0.5) is 0 Å². The lowest BCUT2D eigenvalue weighted by atomic mass is 10.1. The lowest BCUT2D eigenvalue weighted by Gasteiger charge is -2.23. The first-order chi connectivity index (χ1) is 6.84. The van der Waals surface area contributed by atoms with Crippen LogP contribution in [0.1, 0.15) is 18.1 Å². The minimum atomic E-state index is 1.08. The summed E-state index contributed by atoms with van der Waals surface area (Å²) in [6.07, 6.45) is 4.47. The highest BCUT2D eigenvalue weighted by atomic mass is 15.2. The van der Waals surface area contributed by atoms with Crippen molar-refractivity contribution in [2.45, 2.75) is 13.5 Å². The lowest BCUT2D eigenvalue weighted by molar-refractivity contribution is 0.440. The summed E-state index contributed by atoms with van der Waals surface area (Å²) >= 11 is 0. The molecule has 0 N–H and O–H groups in total. The van der Waals surface area contributed by atoms with E-state index in [9.17, 15) is 0 Å². The fourth-order valence-corrected chi connectivity index (χ4v) is 2.28. The van der Waals surface area contributed by atoms with E-state index in [1.807, 2.05) is 0 Å². The normalized spacial score (nSPS) is 18.5. The van der Waals surface area contributed by atoms with E-state index in [2.05, 4.69) is 48.2 Å². The Hall–Kier alpha value is -1.50. The Morgan fingerprint density at radius 3 is 2.86 bits per heavy atom. The second kappa shape index (κ2) is 2.74. The fraction of sp³-hybridized carbons (Fsp3) is 0.231. The van der Waals surface area contributed by atoms with Crippen LogP contribution in [-0.4, -0.2) is 11.4 Å². The molecule has 0 amide bonds. The SMILES string of the molecule is CC1=CC=C2c3ccccc3CN2C1. The highest BCUT2D eigenvalue weighted by molar-refractivity contribution is 5.73. The molecule has 1 nitrogen and oxygen atoms in total. The third-order valence-electron chi connectivity index (χ3n) is 2.96. The molecule has 2 heterocycles. The zero-order chi connectivity index (χ0) is 9.54. The maximum Gasteiger partial charge on any atom is 0.0449 e. The van der Waals surface area contributed by atoms with Crippen molar-refractivity contribution in [1.29, 1.82) is 0 Å². The van der Waals surface area contributed by atoms with Crippen LogP contribution in [0.15, 0.2) is 42.0 Å². The summed E-state index contributed by atoms with van der Waals surface area (Å²) in [6, 6.07) is 8.69. The highest BCUT2D eigenvalue weighted by Gasteiger charge is 2.24. The minimum absolute atomic E-state index is 1.08. The first-order valence-corrected chi connectivity index (χ1v) is 5.05. The van der Waals surface area contributed by atoms with E-state index >= 15 is 0 Å². The van der Waals surface area contributed by atoms with Crippen molar-refractivity contribution in [3.8, 4) is 0 Å². The van der Waals surface area contributed by atoms with Crippen molar-refractivity contribution < 1.29 is 0 Å². The van der Waals surface area contributed by atoms with Gasteiger partial charge in [-0.1, -0.05) is 35.9 Å². The van der Waals surface area contributed by atoms with Crippen molar-refractivity contribution in [2.75, 3.05) is 6.54 Å². The van der Waals surface area contributed by atoms with Gasteiger partial charge in [0.15, 0.2) is 0 Å². The first kappa shape index (κ1) is 7.86. The molecule has 0 fully saturated rings. The van der Waals surface area contributed by atoms with Gasteiger partial charge in [-0.25, -0.2) is 0 Å². The molecule has 0 spiro atoms. The molecule has 0 bridgehead atoms. The molecule has 0 saturated heterocycles. The Labute approximate surface area is 84.4 Å². The predicted octanol–water partition coefficient (Wildman–Crippen LogP) is 2.80. The quantitative estimate of drug-likeness (QED) is 0.598. The van der Waals surface area contributed by atoms with Gasteiger partial charge in [-0.3, -0.25) is 0 Å². The van der Waals surface area contributed by atoms with Gasteiger partial charge in [-0.05, 0) is 18.6 Å². The number of benzene rings is 1. The maximum absolute atomic E-state index is 2.44. The van der Waals surface area contributed by atoms with Gasteiger partial charge in [-0.2, -0.15) is 0 Å². The Balaban J connectivity index is 2.13. The molecule has 2 aliphatic rings. The molecule has 14 heavy (non-hydrogen) atoms. The molecule has 1 aromatic rings. The van der Waals surface area contributed by atoms with Crippen LogP contribution >= 0.6 is 0 Å². The maximum atomic E-state index is 2.44. The molecule has 3 rings (SSSR count). The number of nitrogens with zero attached hydrogens (tertiary/aromatic N) is 1. The summed E-state index contributed by atoms with van der Waals surface area (Å²) in [5.41, 5.74) is 5.71. The molecule has 0 saturated carbocycles. The number of allylic oxidation sites excluding steroid dienone is 2. The van der Waals surface area contributed by atoms with Crippen molar-refractivity contribution in [2.24, 2.45) is 0 Å². The first-order valence-electron chi connectivity index (χ1n) is 5.05. The second-order valence-corrected chi connectivity index (χ2v) is 4.08. The largest absolute Gasteiger partial charge is 0.363 e. The molecular weight excluding hydrogens is 170 g/mol. The molecule has 1 heteroatoms. The van der Waals surface area contributed by atoms with Crippen LogP contribution in [0, 0.1) is 0 Å². The van der Waals surface area contributed by atoms with Crippen LogP contribution in [0.2, 0.25) is 0 Å². The third-order valence-corrected chi connectivity index (χ3v) is 2.96. The Kier molecular flexibility index (Phi) is 1.54. The molecule has 0 unspecified atom stereocenters. The van der Waals surface area contributed by atoms with Crippen molar-refractivity contribution in [3.05, 3.63) is 53.1 Å². The van der Waals surface area contributed by atoms with Crippen LogP contribution in [-0.2, 0) is 6.54 Å². The molecule has 0 aliphatic carbocycles. The summed E-state index contributed by atoms with van der Waals surface area (Å²) in [6.45, 7) is 4.35. The monoisotopic (exact) mass is 183 g/mol. The van der Waals surface area contributed by atoms with Crippen molar-refractivity contribution in [1.82, 2.24) is 4.90 Å². The summed E-state index contributed by atoms with van der Waals surface area (Å²) < 4.78 is 0. The summed E-state index contributed by atoms with van der Waals surface area (Å²) in [5.74, 6) is 0. The summed E-state index contributed by atoms with van der Waals surface area (Å²) in [5, 5.41) is 0. The summed E-state index contributed by atoms with van der Waals surface area (Å²) in [7, 11) is 0. The summed E-state index contributed by atoms with van der Waals surface area (Å²) in [4.78, 5) is 2.44. The van der Waals surface area contributed by atoms with E-state index in [-0.39, 0.29) is 0 Å². The predicted molar refractivity (Wildman–Crippen MR) is 58.6 cm³/mol. The van der Waals surface area contributed by atoms with Crippen molar-refractivity contribution >= 4 is 5.70 Å². The standard InChI is InChI=1S/C13H13N/c1-10-6-7-13-12-5-3-2-4-11(12)9-14(13)8-10/h2-7H,8-9H2,1H3. The van der Waals surface area contributed by atoms with Crippen LogP contribution in [0.25, 0.3) is 5.70 Å². The highest BCUT2D eigenvalue weighted by Crippen LogP contribution is 2.34. The van der Waals surface area contributed by atoms with Gasteiger partial charge in [0.25, 0.3) is 0 Å². The van der Waals surface area contributed by atoms with Gasteiger partial charge in [-0.15, -0.1) is 0 Å². The van der Waals surface area contributed by atoms with Gasteiger partial charge in [0.2, 0.25) is 0 Å². The van der Waals surface area contributed by atoms with Crippen molar-refractivity contribution in [3.63, 3.8) is 0 Å². The van der Waals surface area contributed by atoms with Crippen LogP contribution < -0.4 is 0 Å². The average Bonchev–Trinajstić information content (AvgIpc) is 2.54. The topological polar surface area (TPSA) is 3.24 Å².